The SMILES string of the molecule is CCN(CC)CC(O)COc1ccc(CC=O)c(OCC(F)(F)F)c1. The van der Waals surface area contributed by atoms with Crippen molar-refractivity contribution in [2.24, 2.45) is 0 Å². The van der Waals surface area contributed by atoms with Crippen LogP contribution in [0.15, 0.2) is 18.2 Å². The Hall–Kier alpha value is -1.80. The van der Waals surface area contributed by atoms with Crippen LogP contribution in [0.25, 0.3) is 0 Å². The predicted molar refractivity (Wildman–Crippen MR) is 87.0 cm³/mol. The Balaban J connectivity index is 2.71. The van der Waals surface area contributed by atoms with Crippen LogP contribution in [0.4, 0.5) is 13.2 Å². The first-order valence-electron chi connectivity index (χ1n) is 8.08. The first kappa shape index (κ1) is 21.2. The van der Waals surface area contributed by atoms with Crippen molar-refractivity contribution in [1.82, 2.24) is 4.90 Å². The summed E-state index contributed by atoms with van der Waals surface area (Å²) in [7, 11) is 0. The van der Waals surface area contributed by atoms with Gasteiger partial charge >= 0.3 is 6.18 Å². The molecule has 0 aliphatic carbocycles. The highest BCUT2D eigenvalue weighted by Crippen LogP contribution is 2.27. The van der Waals surface area contributed by atoms with Gasteiger partial charge in [0.1, 0.15) is 30.5 Å². The van der Waals surface area contributed by atoms with E-state index in [2.05, 4.69) is 0 Å². The molecule has 0 radical (unpaired) electrons. The minimum Gasteiger partial charge on any atom is -0.491 e. The van der Waals surface area contributed by atoms with Crippen LogP contribution in [0, 0.1) is 0 Å². The lowest BCUT2D eigenvalue weighted by Gasteiger charge is -2.22. The summed E-state index contributed by atoms with van der Waals surface area (Å²) in [6.45, 7) is 4.54. The Bertz CT molecular complexity index is 533. The van der Waals surface area contributed by atoms with Crippen LogP contribution >= 0.6 is 0 Å². The maximum atomic E-state index is 12.3. The molecule has 0 bridgehead atoms. The van der Waals surface area contributed by atoms with Crippen molar-refractivity contribution in [3.8, 4) is 11.5 Å². The smallest absolute Gasteiger partial charge is 0.422 e. The molecule has 1 N–H and O–H groups in total. The number of carbonyl (C=O) groups excluding carboxylic acids is 1. The molecule has 0 amide bonds. The molecule has 142 valence electrons. The molecule has 1 atom stereocenters. The number of ether oxygens (including phenoxy) is 2. The third-order valence-electron chi connectivity index (χ3n) is 3.54. The molecule has 0 aliphatic heterocycles. The lowest BCUT2D eigenvalue weighted by atomic mass is 10.1. The minimum absolute atomic E-state index is 0.00222. The topological polar surface area (TPSA) is 59.0 Å². The van der Waals surface area contributed by atoms with E-state index in [0.29, 0.717) is 18.4 Å². The van der Waals surface area contributed by atoms with E-state index < -0.39 is 18.9 Å². The number of aldehydes is 1. The molecule has 0 saturated carbocycles. The van der Waals surface area contributed by atoms with Gasteiger partial charge in [-0.05, 0) is 19.2 Å². The fourth-order valence-electron chi connectivity index (χ4n) is 2.20. The Labute approximate surface area is 145 Å². The molecule has 0 saturated heterocycles. The summed E-state index contributed by atoms with van der Waals surface area (Å²) in [6.07, 6.45) is -4.67. The largest absolute Gasteiger partial charge is 0.491 e. The highest BCUT2D eigenvalue weighted by atomic mass is 19.4. The molecule has 1 aromatic rings. The van der Waals surface area contributed by atoms with Gasteiger partial charge in [-0.25, -0.2) is 0 Å². The van der Waals surface area contributed by atoms with Crippen LogP contribution in [0.3, 0.4) is 0 Å². The van der Waals surface area contributed by atoms with Crippen LogP contribution < -0.4 is 9.47 Å². The number of aliphatic hydroxyl groups excluding tert-OH is 1. The van der Waals surface area contributed by atoms with Gasteiger partial charge in [-0.15, -0.1) is 0 Å². The van der Waals surface area contributed by atoms with Crippen molar-refractivity contribution in [3.05, 3.63) is 23.8 Å². The first-order valence-corrected chi connectivity index (χ1v) is 8.08. The summed E-state index contributed by atoms with van der Waals surface area (Å²) in [6, 6.07) is 4.31. The Morgan fingerprint density at radius 1 is 1.24 bits per heavy atom. The van der Waals surface area contributed by atoms with E-state index in [1.54, 1.807) is 0 Å². The molecule has 0 heterocycles. The van der Waals surface area contributed by atoms with Crippen molar-refractivity contribution in [1.29, 1.82) is 0 Å². The van der Waals surface area contributed by atoms with Crippen molar-refractivity contribution >= 4 is 6.29 Å². The van der Waals surface area contributed by atoms with Crippen LogP contribution in [0.2, 0.25) is 0 Å². The van der Waals surface area contributed by atoms with Crippen LogP contribution in [-0.2, 0) is 11.2 Å². The van der Waals surface area contributed by atoms with E-state index in [9.17, 15) is 23.1 Å². The van der Waals surface area contributed by atoms with E-state index in [4.69, 9.17) is 9.47 Å². The van der Waals surface area contributed by atoms with Gasteiger partial charge in [-0.2, -0.15) is 13.2 Å². The molecule has 1 aromatic carbocycles. The average molecular weight is 363 g/mol. The molecule has 5 nitrogen and oxygen atoms in total. The van der Waals surface area contributed by atoms with Crippen molar-refractivity contribution in [2.75, 3.05) is 32.8 Å². The van der Waals surface area contributed by atoms with Gasteiger partial charge in [-0.1, -0.05) is 19.9 Å². The van der Waals surface area contributed by atoms with E-state index >= 15 is 0 Å². The highest BCUT2D eigenvalue weighted by Gasteiger charge is 2.29. The zero-order chi connectivity index (χ0) is 18.9. The van der Waals surface area contributed by atoms with Crippen molar-refractivity contribution < 1.29 is 32.5 Å². The van der Waals surface area contributed by atoms with E-state index in [1.165, 1.54) is 18.2 Å². The Kier molecular flexibility index (Phi) is 8.71. The molecule has 0 fully saturated rings. The Morgan fingerprint density at radius 2 is 1.92 bits per heavy atom. The molecule has 1 unspecified atom stereocenters. The summed E-state index contributed by atoms with van der Waals surface area (Å²) in [4.78, 5) is 12.7. The molecule has 1 rings (SSSR count). The van der Waals surface area contributed by atoms with Gasteiger partial charge < -0.3 is 24.3 Å². The number of likely N-dealkylation sites (N-methyl/N-ethyl adjacent to an activating group) is 1. The molecule has 8 heteroatoms. The van der Waals surface area contributed by atoms with E-state index in [0.717, 1.165) is 13.1 Å². The maximum Gasteiger partial charge on any atom is 0.422 e. The van der Waals surface area contributed by atoms with E-state index in [-0.39, 0.29) is 24.5 Å². The summed E-state index contributed by atoms with van der Waals surface area (Å²) >= 11 is 0. The zero-order valence-corrected chi connectivity index (χ0v) is 14.4. The summed E-state index contributed by atoms with van der Waals surface area (Å²) in [5.41, 5.74) is 0.343. The van der Waals surface area contributed by atoms with Gasteiger partial charge in [-0.3, -0.25) is 0 Å². The number of rotatable bonds is 11. The predicted octanol–water partition coefficient (Wildman–Crippen LogP) is 2.45. The molecule has 0 spiro atoms. The number of benzene rings is 1. The molecule has 0 aliphatic rings. The number of hydrogen-bond donors (Lipinski definition) is 1. The second-order valence-electron chi connectivity index (χ2n) is 5.49. The van der Waals surface area contributed by atoms with Gasteiger partial charge in [0, 0.05) is 24.6 Å². The number of carbonyl (C=O) groups is 1. The monoisotopic (exact) mass is 363 g/mol. The lowest BCUT2D eigenvalue weighted by molar-refractivity contribution is -0.153. The Morgan fingerprint density at radius 3 is 2.48 bits per heavy atom. The summed E-state index contributed by atoms with van der Waals surface area (Å²) in [5.74, 6) is 0.213. The van der Waals surface area contributed by atoms with E-state index in [1.807, 2.05) is 18.7 Å². The number of halogens is 3. The van der Waals surface area contributed by atoms with Gasteiger partial charge in [0.15, 0.2) is 6.61 Å². The van der Waals surface area contributed by atoms with Crippen LogP contribution in [0.1, 0.15) is 19.4 Å². The third-order valence-corrected chi connectivity index (χ3v) is 3.54. The number of hydrogen-bond acceptors (Lipinski definition) is 5. The van der Waals surface area contributed by atoms with Gasteiger partial charge in [0.05, 0.1) is 0 Å². The summed E-state index contributed by atoms with van der Waals surface area (Å²) in [5, 5.41) is 9.97. The zero-order valence-electron chi connectivity index (χ0n) is 14.4. The maximum absolute atomic E-state index is 12.3. The van der Waals surface area contributed by atoms with Gasteiger partial charge in [0.25, 0.3) is 0 Å². The molecular formula is C17H24F3NO4. The normalized spacial score (nSPS) is 12.9. The molecule has 0 aromatic heterocycles. The fraction of sp³-hybridized carbons (Fsp3) is 0.588. The number of alkyl halides is 3. The standard InChI is InChI=1S/C17H24F3NO4/c1-3-21(4-2)10-14(23)11-24-15-6-5-13(7-8-22)16(9-15)25-12-17(18,19)20/h5-6,8-9,14,23H,3-4,7,10-12H2,1-2H3. The van der Waals surface area contributed by atoms with Crippen LogP contribution in [0.5, 0.6) is 11.5 Å². The minimum atomic E-state index is -4.48. The second-order valence-corrected chi connectivity index (χ2v) is 5.49. The average Bonchev–Trinajstić information content (AvgIpc) is 2.57. The summed E-state index contributed by atoms with van der Waals surface area (Å²) < 4.78 is 47.2. The van der Waals surface area contributed by atoms with Gasteiger partial charge in [0.2, 0.25) is 0 Å². The lowest BCUT2D eigenvalue weighted by Crippen LogP contribution is -2.35. The first-order chi connectivity index (χ1) is 11.8. The second kappa shape index (κ2) is 10.2. The third kappa shape index (κ3) is 8.22. The quantitative estimate of drug-likeness (QED) is 0.612. The molecular weight excluding hydrogens is 339 g/mol. The highest BCUT2D eigenvalue weighted by molar-refractivity contribution is 5.58. The number of nitrogens with zero attached hydrogens (tertiary/aromatic N) is 1. The van der Waals surface area contributed by atoms with Crippen molar-refractivity contribution in [3.63, 3.8) is 0 Å². The fourth-order valence-corrected chi connectivity index (χ4v) is 2.20. The van der Waals surface area contributed by atoms with Crippen molar-refractivity contribution in [2.45, 2.75) is 32.5 Å². The van der Waals surface area contributed by atoms with Crippen LogP contribution in [-0.4, -0.2) is 61.4 Å². The number of aliphatic hydroxyl groups is 1. The molecule has 25 heavy (non-hydrogen) atoms.